The van der Waals surface area contributed by atoms with Crippen LogP contribution in [0.4, 0.5) is 0 Å². The third-order valence-corrected chi connectivity index (χ3v) is 3.88. The van der Waals surface area contributed by atoms with E-state index in [0.29, 0.717) is 25.8 Å². The second-order valence-electron chi connectivity index (χ2n) is 4.98. The monoisotopic (exact) mass is 403 g/mol. The van der Waals surface area contributed by atoms with E-state index in [1.54, 1.807) is 0 Å². The number of aryl methyl sites for hydroxylation is 1. The van der Waals surface area contributed by atoms with Crippen LogP contribution in [0.3, 0.4) is 0 Å². The van der Waals surface area contributed by atoms with Crippen molar-refractivity contribution in [2.24, 2.45) is 11.5 Å². The lowest BCUT2D eigenvalue weighted by atomic mass is 10.1. The molecule has 0 spiro atoms. The molecule has 0 fully saturated rings. The zero-order valence-corrected chi connectivity index (χ0v) is 14.1. The van der Waals surface area contributed by atoms with Crippen LogP contribution in [-0.2, 0) is 16.0 Å². The predicted octanol–water partition coefficient (Wildman–Crippen LogP) is 1.32. The van der Waals surface area contributed by atoms with Crippen molar-refractivity contribution < 1.29 is 9.59 Å². The Bertz CT molecular complexity index is 462. The van der Waals surface area contributed by atoms with Crippen LogP contribution in [-0.4, -0.2) is 24.4 Å². The standard InChI is InChI=1S/C15H22IN3O2/c16-12-8-6-11(7-9-12)3-1-5-14(20)19-10-2-4-13(17)15(18)21/h6-9,13H,1-5,10,17H2,(H2,18,21)(H,19,20). The number of nitrogens with one attached hydrogen (secondary N) is 1. The van der Waals surface area contributed by atoms with E-state index in [0.717, 1.165) is 12.8 Å². The first-order chi connectivity index (χ1) is 9.99. The van der Waals surface area contributed by atoms with E-state index < -0.39 is 11.9 Å². The summed E-state index contributed by atoms with van der Waals surface area (Å²) in [5.41, 5.74) is 11.8. The lowest BCUT2D eigenvalue weighted by Crippen LogP contribution is -2.37. The molecule has 2 amide bonds. The molecular formula is C15H22IN3O2. The molecule has 1 atom stereocenters. The summed E-state index contributed by atoms with van der Waals surface area (Å²) in [7, 11) is 0. The van der Waals surface area contributed by atoms with Gasteiger partial charge in [-0.2, -0.15) is 0 Å². The third kappa shape index (κ3) is 8.01. The SMILES string of the molecule is NC(=O)C(N)CCCNC(=O)CCCc1ccc(I)cc1. The summed E-state index contributed by atoms with van der Waals surface area (Å²) in [4.78, 5) is 22.4. The smallest absolute Gasteiger partial charge is 0.234 e. The highest BCUT2D eigenvalue weighted by atomic mass is 127. The Balaban J connectivity index is 2.09. The van der Waals surface area contributed by atoms with Crippen LogP contribution in [0.2, 0.25) is 0 Å². The summed E-state index contributed by atoms with van der Waals surface area (Å²) < 4.78 is 1.21. The van der Waals surface area contributed by atoms with Gasteiger partial charge in [0.15, 0.2) is 0 Å². The molecule has 0 aliphatic rings. The van der Waals surface area contributed by atoms with E-state index >= 15 is 0 Å². The number of halogens is 1. The third-order valence-electron chi connectivity index (χ3n) is 3.16. The molecule has 0 saturated heterocycles. The summed E-state index contributed by atoms with van der Waals surface area (Å²) in [5.74, 6) is -0.466. The van der Waals surface area contributed by atoms with Crippen molar-refractivity contribution in [3.05, 3.63) is 33.4 Å². The molecule has 0 aliphatic carbocycles. The summed E-state index contributed by atoms with van der Waals surface area (Å²) in [6, 6.07) is 7.69. The highest BCUT2D eigenvalue weighted by Gasteiger charge is 2.08. The number of hydrogen-bond donors (Lipinski definition) is 3. The minimum Gasteiger partial charge on any atom is -0.368 e. The van der Waals surface area contributed by atoms with Crippen molar-refractivity contribution in [3.8, 4) is 0 Å². The van der Waals surface area contributed by atoms with Gasteiger partial charge in [0.1, 0.15) is 0 Å². The lowest BCUT2D eigenvalue weighted by molar-refractivity contribution is -0.121. The molecular weight excluding hydrogens is 381 g/mol. The van der Waals surface area contributed by atoms with E-state index in [9.17, 15) is 9.59 Å². The van der Waals surface area contributed by atoms with E-state index in [1.165, 1.54) is 9.13 Å². The molecule has 6 heteroatoms. The molecule has 0 heterocycles. The van der Waals surface area contributed by atoms with Crippen LogP contribution in [0.5, 0.6) is 0 Å². The van der Waals surface area contributed by atoms with Crippen molar-refractivity contribution in [2.75, 3.05) is 6.54 Å². The molecule has 1 rings (SSSR count). The van der Waals surface area contributed by atoms with Crippen LogP contribution in [0.1, 0.15) is 31.2 Å². The van der Waals surface area contributed by atoms with Crippen molar-refractivity contribution in [2.45, 2.75) is 38.1 Å². The van der Waals surface area contributed by atoms with Crippen molar-refractivity contribution in [3.63, 3.8) is 0 Å². The number of amides is 2. The zero-order chi connectivity index (χ0) is 15.7. The topological polar surface area (TPSA) is 98.2 Å². The van der Waals surface area contributed by atoms with Gasteiger partial charge in [-0.1, -0.05) is 12.1 Å². The average Bonchev–Trinajstić information content (AvgIpc) is 2.45. The van der Waals surface area contributed by atoms with Crippen molar-refractivity contribution >= 4 is 34.4 Å². The molecule has 0 saturated carbocycles. The van der Waals surface area contributed by atoms with Gasteiger partial charge in [0.25, 0.3) is 0 Å². The Morgan fingerprint density at radius 2 is 1.86 bits per heavy atom. The Labute approximate surface area is 139 Å². The van der Waals surface area contributed by atoms with Gasteiger partial charge in [-0.25, -0.2) is 0 Å². The number of carbonyl (C=O) groups is 2. The van der Waals surface area contributed by atoms with Gasteiger partial charge in [0.2, 0.25) is 11.8 Å². The number of carbonyl (C=O) groups excluding carboxylic acids is 2. The second-order valence-corrected chi connectivity index (χ2v) is 6.23. The maximum absolute atomic E-state index is 11.6. The van der Waals surface area contributed by atoms with E-state index in [1.807, 2.05) is 0 Å². The Morgan fingerprint density at radius 1 is 1.19 bits per heavy atom. The quantitative estimate of drug-likeness (QED) is 0.429. The Kier molecular flexibility index (Phi) is 8.29. The fourth-order valence-corrected chi connectivity index (χ4v) is 2.24. The highest BCUT2D eigenvalue weighted by Crippen LogP contribution is 2.09. The summed E-state index contributed by atoms with van der Waals surface area (Å²) in [6.45, 7) is 0.531. The first-order valence-corrected chi connectivity index (χ1v) is 8.13. The Morgan fingerprint density at radius 3 is 2.48 bits per heavy atom. The van der Waals surface area contributed by atoms with Gasteiger partial charge in [-0.15, -0.1) is 0 Å². The van der Waals surface area contributed by atoms with E-state index in [-0.39, 0.29) is 5.91 Å². The van der Waals surface area contributed by atoms with Crippen molar-refractivity contribution in [1.29, 1.82) is 0 Å². The highest BCUT2D eigenvalue weighted by molar-refractivity contribution is 14.1. The minimum atomic E-state index is -0.622. The largest absolute Gasteiger partial charge is 0.368 e. The molecule has 116 valence electrons. The first-order valence-electron chi connectivity index (χ1n) is 7.05. The summed E-state index contributed by atoms with van der Waals surface area (Å²) in [5, 5.41) is 2.82. The lowest BCUT2D eigenvalue weighted by Gasteiger charge is -2.08. The summed E-state index contributed by atoms with van der Waals surface area (Å²) in [6.07, 6.45) is 3.39. The molecule has 5 N–H and O–H groups in total. The minimum absolute atomic E-state index is 0.0353. The first kappa shape index (κ1) is 17.9. The molecule has 1 aromatic carbocycles. The molecule has 0 aromatic heterocycles. The van der Waals surface area contributed by atoms with E-state index in [4.69, 9.17) is 11.5 Å². The zero-order valence-electron chi connectivity index (χ0n) is 12.0. The molecule has 1 aromatic rings. The Hall–Kier alpha value is -1.15. The van der Waals surface area contributed by atoms with Crippen LogP contribution in [0.15, 0.2) is 24.3 Å². The van der Waals surface area contributed by atoms with Gasteiger partial charge >= 0.3 is 0 Å². The van der Waals surface area contributed by atoms with Crippen LogP contribution >= 0.6 is 22.6 Å². The van der Waals surface area contributed by atoms with Gasteiger partial charge in [0.05, 0.1) is 6.04 Å². The van der Waals surface area contributed by atoms with Gasteiger partial charge in [-0.3, -0.25) is 9.59 Å². The molecule has 1 unspecified atom stereocenters. The fourth-order valence-electron chi connectivity index (χ4n) is 1.88. The molecule has 21 heavy (non-hydrogen) atoms. The van der Waals surface area contributed by atoms with Crippen molar-refractivity contribution in [1.82, 2.24) is 5.32 Å². The molecule has 0 radical (unpaired) electrons. The van der Waals surface area contributed by atoms with Gasteiger partial charge in [0, 0.05) is 16.5 Å². The van der Waals surface area contributed by atoms with Gasteiger partial charge in [-0.05, 0) is 66.0 Å². The number of hydrogen-bond acceptors (Lipinski definition) is 3. The van der Waals surface area contributed by atoms with E-state index in [2.05, 4.69) is 52.2 Å². The van der Waals surface area contributed by atoms with Crippen LogP contribution < -0.4 is 16.8 Å². The number of nitrogens with two attached hydrogens (primary N) is 2. The van der Waals surface area contributed by atoms with Crippen LogP contribution in [0, 0.1) is 3.57 Å². The normalized spacial score (nSPS) is 11.9. The second kappa shape index (κ2) is 9.73. The molecule has 0 bridgehead atoms. The maximum Gasteiger partial charge on any atom is 0.234 e. The fraction of sp³-hybridized carbons (Fsp3) is 0.467. The number of rotatable bonds is 9. The predicted molar refractivity (Wildman–Crippen MR) is 91.5 cm³/mol. The summed E-state index contributed by atoms with van der Waals surface area (Å²) >= 11 is 2.27. The maximum atomic E-state index is 11.6. The number of primary amides is 1. The van der Waals surface area contributed by atoms with Gasteiger partial charge < -0.3 is 16.8 Å². The molecule has 0 aliphatic heterocycles. The average molecular weight is 403 g/mol. The molecule has 5 nitrogen and oxygen atoms in total. The van der Waals surface area contributed by atoms with Crippen LogP contribution in [0.25, 0.3) is 0 Å². The number of benzene rings is 1.